The Morgan fingerprint density at radius 1 is 1.07 bits per heavy atom. The fourth-order valence-corrected chi connectivity index (χ4v) is 3.89. The Bertz CT molecular complexity index is 1020. The molecule has 0 aromatic carbocycles. The first-order chi connectivity index (χ1) is 14.7. The van der Waals surface area contributed by atoms with Gasteiger partial charge in [-0.3, -0.25) is 19.3 Å². The summed E-state index contributed by atoms with van der Waals surface area (Å²) in [5.41, 5.74) is 1.43. The topological polar surface area (TPSA) is 93.7 Å². The molecular weight excluding hydrogens is 386 g/mol. The first-order valence-electron chi connectivity index (χ1n) is 9.93. The van der Waals surface area contributed by atoms with Gasteiger partial charge in [-0.25, -0.2) is 0 Å². The van der Waals surface area contributed by atoms with Crippen molar-refractivity contribution in [3.63, 3.8) is 0 Å². The molecule has 0 N–H and O–H groups in total. The minimum absolute atomic E-state index is 0.0167. The number of carbonyl (C=O) groups is 2. The minimum Gasteiger partial charge on any atom is -0.486 e. The Morgan fingerprint density at radius 2 is 1.87 bits per heavy atom. The molecule has 2 amide bonds. The van der Waals surface area contributed by atoms with Crippen LogP contribution in [0.4, 0.5) is 0 Å². The summed E-state index contributed by atoms with van der Waals surface area (Å²) in [7, 11) is 0. The molecule has 3 aromatic rings. The average molecular weight is 407 g/mol. The molecule has 154 valence electrons. The molecule has 0 radical (unpaired) electrons. The zero-order chi connectivity index (χ0) is 20.5. The molecule has 2 aliphatic heterocycles. The van der Waals surface area contributed by atoms with Crippen LogP contribution in [-0.4, -0.2) is 68.7 Å². The smallest absolute Gasteiger partial charge is 0.289 e. The molecular formula is C21H21N5O4. The van der Waals surface area contributed by atoms with Crippen LogP contribution in [0.3, 0.4) is 0 Å². The zero-order valence-electron chi connectivity index (χ0n) is 16.3. The molecule has 0 saturated carbocycles. The first kappa shape index (κ1) is 18.4. The van der Waals surface area contributed by atoms with Crippen molar-refractivity contribution in [3.8, 4) is 5.75 Å². The van der Waals surface area contributed by atoms with Crippen LogP contribution >= 0.6 is 0 Å². The fourth-order valence-electron chi connectivity index (χ4n) is 3.89. The highest BCUT2D eigenvalue weighted by Crippen LogP contribution is 2.22. The molecule has 1 atom stereocenters. The Morgan fingerprint density at radius 3 is 2.53 bits per heavy atom. The number of pyridine rings is 1. The summed E-state index contributed by atoms with van der Waals surface area (Å²) in [6.45, 7) is 2.49. The lowest BCUT2D eigenvalue weighted by Crippen LogP contribution is -2.50. The number of amides is 2. The van der Waals surface area contributed by atoms with E-state index < -0.39 is 0 Å². The Labute approximate surface area is 172 Å². The second kappa shape index (κ2) is 7.66. The number of hydrogen-bond acceptors (Lipinski definition) is 6. The van der Waals surface area contributed by atoms with Gasteiger partial charge in [0.1, 0.15) is 11.9 Å². The Balaban J connectivity index is 1.17. The van der Waals surface area contributed by atoms with Gasteiger partial charge in [0, 0.05) is 44.5 Å². The van der Waals surface area contributed by atoms with E-state index in [-0.39, 0.29) is 17.9 Å². The number of piperazine rings is 1. The zero-order valence-corrected chi connectivity index (χ0v) is 16.3. The standard InChI is InChI=1S/C21H21N5O4/c27-20(24-6-8-25(9-7-24)21(28)19-4-2-10-29-19)18-12-15-11-17(14-26(15)23-18)30-16-3-1-5-22-13-16/h1-5,10,12-13,17H,6-9,11,14H2/t17-/m0/s1. The van der Waals surface area contributed by atoms with Crippen molar-refractivity contribution in [2.24, 2.45) is 0 Å². The third kappa shape index (κ3) is 3.54. The molecule has 0 spiro atoms. The molecule has 1 saturated heterocycles. The highest BCUT2D eigenvalue weighted by molar-refractivity contribution is 5.93. The summed E-state index contributed by atoms with van der Waals surface area (Å²) in [6, 6.07) is 8.89. The molecule has 0 bridgehead atoms. The molecule has 2 aliphatic rings. The van der Waals surface area contributed by atoms with Gasteiger partial charge in [0.15, 0.2) is 11.5 Å². The summed E-state index contributed by atoms with van der Waals surface area (Å²) < 4.78 is 12.9. The van der Waals surface area contributed by atoms with Crippen LogP contribution in [0.1, 0.15) is 26.7 Å². The summed E-state index contributed by atoms with van der Waals surface area (Å²) >= 11 is 0. The van der Waals surface area contributed by atoms with Crippen LogP contribution in [0, 0.1) is 0 Å². The number of ether oxygens (including phenoxy) is 1. The van der Waals surface area contributed by atoms with Gasteiger partial charge in [-0.2, -0.15) is 5.10 Å². The van der Waals surface area contributed by atoms with Crippen molar-refractivity contribution in [2.75, 3.05) is 26.2 Å². The second-order valence-electron chi connectivity index (χ2n) is 7.40. The van der Waals surface area contributed by atoms with Gasteiger partial charge >= 0.3 is 0 Å². The van der Waals surface area contributed by atoms with Gasteiger partial charge in [-0.15, -0.1) is 0 Å². The first-order valence-corrected chi connectivity index (χ1v) is 9.93. The quantitative estimate of drug-likeness (QED) is 0.650. The van der Waals surface area contributed by atoms with Gasteiger partial charge in [0.25, 0.3) is 11.8 Å². The van der Waals surface area contributed by atoms with Crippen molar-refractivity contribution < 1.29 is 18.7 Å². The molecule has 30 heavy (non-hydrogen) atoms. The van der Waals surface area contributed by atoms with Gasteiger partial charge in [-0.1, -0.05) is 0 Å². The average Bonchev–Trinajstić information content (AvgIpc) is 3.50. The van der Waals surface area contributed by atoms with Gasteiger partial charge in [0.05, 0.1) is 19.0 Å². The van der Waals surface area contributed by atoms with E-state index >= 15 is 0 Å². The third-order valence-corrected chi connectivity index (χ3v) is 5.42. The van der Waals surface area contributed by atoms with Crippen LogP contribution in [0.15, 0.2) is 53.4 Å². The van der Waals surface area contributed by atoms with Crippen LogP contribution in [-0.2, 0) is 13.0 Å². The van der Waals surface area contributed by atoms with E-state index in [1.54, 1.807) is 34.3 Å². The molecule has 5 rings (SSSR count). The SMILES string of the molecule is O=C(c1cc2n(n1)C[C@@H](Oc1cccnc1)C2)N1CCN(C(=O)c2ccco2)CC1. The van der Waals surface area contributed by atoms with Crippen molar-refractivity contribution >= 4 is 11.8 Å². The fraction of sp³-hybridized carbons (Fsp3) is 0.333. The van der Waals surface area contributed by atoms with Crippen molar-refractivity contribution in [3.05, 3.63) is 66.1 Å². The largest absolute Gasteiger partial charge is 0.486 e. The van der Waals surface area contributed by atoms with E-state index in [1.165, 1.54) is 6.26 Å². The highest BCUT2D eigenvalue weighted by atomic mass is 16.5. The minimum atomic E-state index is -0.146. The predicted molar refractivity (Wildman–Crippen MR) is 105 cm³/mol. The maximum atomic E-state index is 12.9. The number of hydrogen-bond donors (Lipinski definition) is 0. The Hall–Kier alpha value is -3.62. The number of fused-ring (bicyclic) bond motifs is 1. The summed E-state index contributed by atoms with van der Waals surface area (Å²) in [4.78, 5) is 32.7. The van der Waals surface area contributed by atoms with Gasteiger partial charge in [0.2, 0.25) is 0 Å². The van der Waals surface area contributed by atoms with E-state index in [0.717, 1.165) is 11.4 Å². The number of nitrogens with zero attached hydrogens (tertiary/aromatic N) is 5. The van der Waals surface area contributed by atoms with Gasteiger partial charge in [-0.05, 0) is 30.3 Å². The lowest BCUT2D eigenvalue weighted by Gasteiger charge is -2.34. The molecule has 3 aromatic heterocycles. The second-order valence-corrected chi connectivity index (χ2v) is 7.40. The van der Waals surface area contributed by atoms with E-state index in [9.17, 15) is 9.59 Å². The molecule has 5 heterocycles. The van der Waals surface area contributed by atoms with Crippen LogP contribution < -0.4 is 4.74 Å². The third-order valence-electron chi connectivity index (χ3n) is 5.42. The summed E-state index contributed by atoms with van der Waals surface area (Å²) in [5.74, 6) is 0.800. The Kier molecular flexibility index (Phi) is 4.70. The molecule has 9 heteroatoms. The van der Waals surface area contributed by atoms with Crippen molar-refractivity contribution in [1.82, 2.24) is 24.6 Å². The normalized spacial score (nSPS) is 18.3. The molecule has 0 aliphatic carbocycles. The summed E-state index contributed by atoms with van der Waals surface area (Å²) in [6.07, 6.45) is 5.55. The van der Waals surface area contributed by atoms with E-state index in [0.29, 0.717) is 50.6 Å². The van der Waals surface area contributed by atoms with Crippen molar-refractivity contribution in [2.45, 2.75) is 19.1 Å². The van der Waals surface area contributed by atoms with E-state index in [2.05, 4.69) is 10.1 Å². The van der Waals surface area contributed by atoms with E-state index in [4.69, 9.17) is 9.15 Å². The lowest BCUT2D eigenvalue weighted by molar-refractivity contribution is 0.0514. The van der Waals surface area contributed by atoms with Crippen molar-refractivity contribution in [1.29, 1.82) is 0 Å². The number of carbonyl (C=O) groups excluding carboxylic acids is 2. The number of rotatable bonds is 4. The molecule has 0 unspecified atom stereocenters. The number of aromatic nitrogens is 3. The van der Waals surface area contributed by atoms with Crippen LogP contribution in [0.5, 0.6) is 5.75 Å². The maximum absolute atomic E-state index is 12.9. The monoisotopic (exact) mass is 407 g/mol. The molecule has 9 nitrogen and oxygen atoms in total. The van der Waals surface area contributed by atoms with Gasteiger partial charge < -0.3 is 19.0 Å². The van der Waals surface area contributed by atoms with Crippen LogP contribution in [0.2, 0.25) is 0 Å². The maximum Gasteiger partial charge on any atom is 0.289 e. The molecule has 1 fully saturated rings. The summed E-state index contributed by atoms with van der Waals surface area (Å²) in [5, 5.41) is 4.49. The number of furan rings is 1. The lowest BCUT2D eigenvalue weighted by atomic mass is 10.2. The van der Waals surface area contributed by atoms with E-state index in [1.807, 2.05) is 22.9 Å². The predicted octanol–water partition coefficient (Wildman–Crippen LogP) is 1.47. The van der Waals surface area contributed by atoms with Crippen LogP contribution in [0.25, 0.3) is 0 Å². The highest BCUT2D eigenvalue weighted by Gasteiger charge is 2.30.